The molecule has 0 aromatic heterocycles. The third-order valence-corrected chi connectivity index (χ3v) is 23.0. The fourth-order valence-electron chi connectivity index (χ4n) is 14.5. The number of nitrogens with zero attached hydrogens (tertiary/aromatic N) is 5. The number of carbonyl (C=O) groups excluding carboxylic acids is 9. The molecule has 5 saturated heterocycles. The summed E-state index contributed by atoms with van der Waals surface area (Å²) in [6.45, 7) is 17.8. The molecule has 11 rings (SSSR count). The molecule has 4 amide bonds. The Balaban J connectivity index is 0.000000570. The van der Waals surface area contributed by atoms with E-state index in [-0.39, 0.29) is 169 Å². The number of aliphatic imine (C=N–C) groups is 1. The Morgan fingerprint density at radius 2 is 0.590 bits per heavy atom. The Bertz CT molecular complexity index is 4440. The molecule has 5 fully saturated rings. The van der Waals surface area contributed by atoms with Gasteiger partial charge in [0.05, 0.1) is 52.9 Å². The minimum Gasteiger partial charge on any atom is -0.504 e. The van der Waals surface area contributed by atoms with Gasteiger partial charge in [0, 0.05) is 160 Å². The lowest BCUT2D eigenvalue weighted by molar-refractivity contribution is -0.135. The number of carbonyl (C=O) groups is 8. The smallest absolute Gasteiger partial charge is 0.412 e. The Hall–Kier alpha value is -8.89. The molecule has 804 valence electrons. The van der Waals surface area contributed by atoms with Crippen molar-refractivity contribution < 1.29 is 125 Å². The van der Waals surface area contributed by atoms with Crippen molar-refractivity contribution in [1.29, 1.82) is 0 Å². The number of rotatable bonds is 49. The number of nitrogens with one attached hydrogen (secondary N) is 4. The van der Waals surface area contributed by atoms with Gasteiger partial charge in [-0.1, -0.05) is 36.4 Å². The lowest BCUT2D eigenvalue weighted by Crippen LogP contribution is -2.41. The molecule has 0 unspecified atom stereocenters. The van der Waals surface area contributed by atoms with Crippen LogP contribution in [0.15, 0.2) is 114 Å². The average Bonchev–Trinajstić information content (AvgIpc) is 0.852. The van der Waals surface area contributed by atoms with Crippen molar-refractivity contribution in [3.63, 3.8) is 0 Å². The highest BCUT2D eigenvalue weighted by atomic mass is 35.5. The predicted molar refractivity (Wildman–Crippen MR) is 560 cm³/mol. The number of hydrogen-bond donors (Lipinski definition) is 8. The van der Waals surface area contributed by atoms with E-state index in [4.69, 9.17) is 120 Å². The van der Waals surface area contributed by atoms with Crippen LogP contribution in [-0.4, -0.2) is 295 Å². The zero-order valence-corrected chi connectivity index (χ0v) is 88.4. The van der Waals surface area contributed by atoms with Gasteiger partial charge in [0.25, 0.3) is 0 Å². The van der Waals surface area contributed by atoms with Gasteiger partial charge < -0.3 is 103 Å². The first-order valence-electron chi connectivity index (χ1n) is 47.9. The number of phenols is 4. The molecule has 6 aromatic carbocycles. The maximum absolute atomic E-state index is 13.1. The third-order valence-electron chi connectivity index (χ3n) is 21.9. The number of isocyanates is 1. The van der Waals surface area contributed by atoms with Gasteiger partial charge in [-0.25, -0.2) is 29.0 Å². The fourth-order valence-corrected chi connectivity index (χ4v) is 15.0. The Morgan fingerprint density at radius 3 is 0.889 bits per heavy atom. The number of hydrogen-bond acceptors (Lipinski definition) is 31. The van der Waals surface area contributed by atoms with E-state index in [1.54, 1.807) is 84.9 Å². The summed E-state index contributed by atoms with van der Waals surface area (Å²) < 4.78 is 71.4. The minimum absolute atomic E-state index is 0. The quantitative estimate of drug-likeness (QED) is 0.00334. The highest BCUT2D eigenvalue weighted by molar-refractivity contribution is 6.19. The van der Waals surface area contributed by atoms with E-state index in [1.807, 2.05) is 12.1 Å². The van der Waals surface area contributed by atoms with Crippen LogP contribution in [0.3, 0.4) is 0 Å². The van der Waals surface area contributed by atoms with E-state index in [1.165, 1.54) is 37.5 Å². The predicted octanol–water partition coefficient (Wildman–Crippen LogP) is 16.7. The van der Waals surface area contributed by atoms with Crippen LogP contribution in [0.25, 0.3) is 0 Å². The Labute approximate surface area is 892 Å². The number of phenolic OH excluding ortho intramolecular Hbond substituents is 4. The molecule has 144 heavy (non-hydrogen) atoms. The highest BCUT2D eigenvalue weighted by Gasteiger charge is 2.24. The van der Waals surface area contributed by atoms with Crippen molar-refractivity contribution in [2.45, 2.75) is 154 Å². The summed E-state index contributed by atoms with van der Waals surface area (Å²) in [5.41, 5.74) is 5.53. The number of aromatic hydroxyl groups is 4. The molecule has 0 bridgehead atoms. The second-order valence-corrected chi connectivity index (χ2v) is 34.8. The van der Waals surface area contributed by atoms with Crippen LogP contribution in [0.1, 0.15) is 149 Å². The first kappa shape index (κ1) is 129. The highest BCUT2D eigenvalue weighted by Crippen LogP contribution is 2.36. The Morgan fingerprint density at radius 1 is 0.299 bits per heavy atom. The van der Waals surface area contributed by atoms with E-state index in [9.17, 15) is 63.6 Å². The van der Waals surface area contributed by atoms with Gasteiger partial charge in [-0.15, -0.1) is 108 Å². The van der Waals surface area contributed by atoms with E-state index in [2.05, 4.69) is 45.9 Å². The van der Waals surface area contributed by atoms with Crippen LogP contribution in [0.2, 0.25) is 0 Å². The molecule has 0 spiro atoms. The minimum atomic E-state index is -0.719. The number of halogens is 9. The number of unbranched alkanes of at least 4 members (excludes halogenated alkanes) is 3. The fraction of sp³-hybridized carbons (Fsp3) is 0.550. The van der Waals surface area contributed by atoms with Crippen molar-refractivity contribution in [3.8, 4) is 69.0 Å². The van der Waals surface area contributed by atoms with Gasteiger partial charge in [-0.3, -0.25) is 38.8 Å². The van der Waals surface area contributed by atoms with Crippen molar-refractivity contribution in [3.05, 3.63) is 143 Å². The molecule has 0 saturated carbocycles. The summed E-state index contributed by atoms with van der Waals surface area (Å²) in [5, 5.41) is 47.8. The average molecular weight is 2200 g/mol. The summed E-state index contributed by atoms with van der Waals surface area (Å²) in [6, 6.07) is 30.4. The van der Waals surface area contributed by atoms with Crippen LogP contribution in [-0.2, 0) is 86.2 Å². The lowest BCUT2D eigenvalue weighted by Gasteiger charge is -2.26. The molecule has 0 atom stereocenters. The molecule has 0 radical (unpaired) electrons. The summed E-state index contributed by atoms with van der Waals surface area (Å²) in [4.78, 5) is 122. The molecule has 5 aliphatic heterocycles. The van der Waals surface area contributed by atoms with Gasteiger partial charge in [-0.05, 0) is 248 Å². The summed E-state index contributed by atoms with van der Waals surface area (Å²) in [6.07, 6.45) is 15.7. The normalized spacial score (nSPS) is 14.0. The van der Waals surface area contributed by atoms with Crippen molar-refractivity contribution in [2.75, 3.05) is 200 Å². The molecule has 44 heteroatoms. The number of alkyl halides is 5. The van der Waals surface area contributed by atoms with Crippen LogP contribution in [0.4, 0.5) is 19.2 Å². The maximum Gasteiger partial charge on any atom is 0.412 e. The molecule has 6 aromatic rings. The Kier molecular flexibility index (Phi) is 71.2. The lowest BCUT2D eigenvalue weighted by atomic mass is 10.0. The van der Waals surface area contributed by atoms with Gasteiger partial charge in [0.15, 0.2) is 69.0 Å². The van der Waals surface area contributed by atoms with E-state index in [0.717, 1.165) is 170 Å². The third kappa shape index (κ3) is 56.3. The van der Waals surface area contributed by atoms with Crippen molar-refractivity contribution in [1.82, 2.24) is 40.9 Å². The number of benzene rings is 6. The number of morpholine rings is 3. The molecule has 5 heterocycles. The number of aryl methyl sites for hydroxylation is 6. The van der Waals surface area contributed by atoms with E-state index >= 15 is 0 Å². The molecule has 5 aliphatic rings. The molecule has 8 N–H and O–H groups in total. The first-order chi connectivity index (χ1) is 68.1. The number of ether oxygens (including phenoxy) is 13. The topological polar surface area (TPSA) is 428 Å². The SMILES string of the molecule is C1CCOCC1.Cl.Cl.Cl.Cl.O=C(CCCCl)Oc1cc(CCCCc2ccc(OC(=O)CCCCl)c(OC(=O)NCCCl)c2)ccc1OC(=O)NCCCl.O=C(CCCN1CCOCC1)Oc1ccc(CCCCc2ccc(OC(=O)NCCN3CCCOC3)c(OC(=O)CCCN3CCOCC3)c2)cc1OC(=O)NCCN1CCOCC1.O=C=NCCCl.Oc1ccc(CCCCc2ccc(O)c(O)c2)cc1O. The number of amides is 4. The molecule has 35 nitrogen and oxygen atoms in total. The molecule has 0 aliphatic carbocycles. The summed E-state index contributed by atoms with van der Waals surface area (Å²) >= 11 is 27.7. The first-order valence-corrected chi connectivity index (χ1v) is 50.6. The maximum atomic E-state index is 13.1. The van der Waals surface area contributed by atoms with Gasteiger partial charge in [0.2, 0.25) is 6.08 Å². The standard InChI is InChI=1S/C46H68N6O12.C30H36Cl4N2O8.C16H18O4.C5H10O.C3H4ClNO.4ClH/c53-43(8-3-16-49-21-28-57-29-22-49)61-39-12-10-38(35-42(39)64-46(56)47-14-19-51-25-32-59-33-26-51)7-2-1-6-37-11-13-40(63-45(55)48-15-20-52-18-5-27-60-36-52)41(34-37)62-44(54)9-4-17-50-23-30-58-31-24-50;31-13-3-7-27(37)41-23-11-9-22(20-26(23)44-30(40)36-18-16-34)6-2-1-5-21-10-12-24(43-29(39)35-17-15-33)25(19-21)42-28(38)8-4-14-32;17-13-7-5-11(9-15(13)19)3-1-2-4-12-6-8-14(18)16(20)10-12;1-2-4-6-5-3-1;4-1-2-5-3-6;;;;/h10-13,34-35H,1-9,14-33,36H2,(H,47,56)(H,48,55);9-12,19-20H,1-8,13-18H2,(H,35,39)(H,36,40);5-10,17-20H,1-4H2;1-5H2;1-2H2;4*1H. The summed E-state index contributed by atoms with van der Waals surface area (Å²) in [5.74, 6) is 0.532. The zero-order valence-electron chi connectivity index (χ0n) is 81.3. The van der Waals surface area contributed by atoms with Gasteiger partial charge in [-0.2, -0.15) is 0 Å². The van der Waals surface area contributed by atoms with E-state index in [0.29, 0.717) is 148 Å². The van der Waals surface area contributed by atoms with Crippen molar-refractivity contribution in [2.24, 2.45) is 4.99 Å². The largest absolute Gasteiger partial charge is 0.504 e. The van der Waals surface area contributed by atoms with Crippen LogP contribution in [0.5, 0.6) is 69.0 Å². The van der Waals surface area contributed by atoms with Crippen LogP contribution >= 0.6 is 108 Å². The van der Waals surface area contributed by atoms with Gasteiger partial charge in [0.1, 0.15) is 0 Å². The molecular weight excluding hydrogens is 2060 g/mol. The second-order valence-electron chi connectivity index (χ2n) is 32.9. The summed E-state index contributed by atoms with van der Waals surface area (Å²) in [7, 11) is 0. The number of esters is 4. The second kappa shape index (κ2) is 79.3. The monoisotopic (exact) mass is 2200 g/mol. The van der Waals surface area contributed by atoms with Crippen LogP contribution in [0, 0.1) is 0 Å². The van der Waals surface area contributed by atoms with Gasteiger partial charge >= 0.3 is 48.3 Å². The zero-order chi connectivity index (χ0) is 100. The van der Waals surface area contributed by atoms with Crippen LogP contribution < -0.4 is 59.2 Å². The van der Waals surface area contributed by atoms with Crippen molar-refractivity contribution >= 4 is 162 Å². The molecular formula is C100H140Cl9N9O26. The van der Waals surface area contributed by atoms with E-state index < -0.39 is 48.3 Å².